The number of amides is 2. The van der Waals surface area contributed by atoms with Gasteiger partial charge in [-0.3, -0.25) is 14.7 Å². The van der Waals surface area contributed by atoms with Gasteiger partial charge in [0.25, 0.3) is 5.91 Å². The van der Waals surface area contributed by atoms with E-state index in [1.165, 1.54) is 0 Å². The minimum atomic E-state index is -0.0684. The van der Waals surface area contributed by atoms with Crippen molar-refractivity contribution >= 4 is 11.8 Å². The molecule has 1 aromatic rings. The van der Waals surface area contributed by atoms with Gasteiger partial charge >= 0.3 is 0 Å². The van der Waals surface area contributed by atoms with Crippen LogP contribution >= 0.6 is 0 Å². The molecule has 1 aliphatic heterocycles. The zero-order chi connectivity index (χ0) is 14.4. The van der Waals surface area contributed by atoms with Crippen molar-refractivity contribution in [3.05, 3.63) is 17.0 Å². The van der Waals surface area contributed by atoms with Crippen LogP contribution in [-0.2, 0) is 17.6 Å². The number of carbonyl (C=O) groups excluding carboxylic acids is 2. The molecular weight excluding hydrogens is 268 g/mol. The molecule has 2 amide bonds. The second-order valence-electron chi connectivity index (χ2n) is 6.34. The number of carbonyl (C=O) groups is 2. The SMILES string of the molecule is O=C1CN(C(=O)c2n[nH]c3c2CCC3)[C@H]2CCCC[C@H]2N1. The van der Waals surface area contributed by atoms with Crippen LogP contribution in [0, 0.1) is 0 Å². The molecule has 1 saturated heterocycles. The molecule has 0 bridgehead atoms. The lowest BCUT2D eigenvalue weighted by atomic mass is 9.87. The maximum Gasteiger partial charge on any atom is 0.275 e. The van der Waals surface area contributed by atoms with Crippen LogP contribution in [0.25, 0.3) is 0 Å². The zero-order valence-corrected chi connectivity index (χ0v) is 12.0. The van der Waals surface area contributed by atoms with Gasteiger partial charge in [-0.15, -0.1) is 0 Å². The Labute approximate surface area is 123 Å². The Morgan fingerprint density at radius 3 is 2.95 bits per heavy atom. The van der Waals surface area contributed by atoms with Crippen LogP contribution in [0.3, 0.4) is 0 Å². The van der Waals surface area contributed by atoms with Crippen molar-refractivity contribution < 1.29 is 9.59 Å². The highest BCUT2D eigenvalue weighted by Crippen LogP contribution is 2.29. The Bertz CT molecular complexity index is 594. The van der Waals surface area contributed by atoms with E-state index in [2.05, 4.69) is 15.5 Å². The van der Waals surface area contributed by atoms with Crippen LogP contribution < -0.4 is 5.32 Å². The summed E-state index contributed by atoms with van der Waals surface area (Å²) < 4.78 is 0. The summed E-state index contributed by atoms with van der Waals surface area (Å²) in [5.41, 5.74) is 2.71. The Hall–Kier alpha value is -1.85. The number of aromatic amines is 1. The molecule has 2 N–H and O–H groups in total. The summed E-state index contributed by atoms with van der Waals surface area (Å²) >= 11 is 0. The summed E-state index contributed by atoms with van der Waals surface area (Å²) in [7, 11) is 0. The average molecular weight is 288 g/mol. The van der Waals surface area contributed by atoms with Crippen LogP contribution in [0.15, 0.2) is 0 Å². The van der Waals surface area contributed by atoms with E-state index in [1.54, 1.807) is 4.90 Å². The Kier molecular flexibility index (Phi) is 2.97. The molecule has 2 aliphatic carbocycles. The van der Waals surface area contributed by atoms with Crippen molar-refractivity contribution in [3.8, 4) is 0 Å². The van der Waals surface area contributed by atoms with Gasteiger partial charge in [-0.05, 0) is 32.1 Å². The number of nitrogens with zero attached hydrogens (tertiary/aromatic N) is 2. The third kappa shape index (κ3) is 2.04. The molecule has 3 aliphatic rings. The van der Waals surface area contributed by atoms with Gasteiger partial charge in [0.05, 0.1) is 6.04 Å². The number of rotatable bonds is 1. The van der Waals surface area contributed by atoms with Gasteiger partial charge in [0.2, 0.25) is 5.91 Å². The number of nitrogens with one attached hydrogen (secondary N) is 2. The largest absolute Gasteiger partial charge is 0.350 e. The molecule has 4 rings (SSSR count). The smallest absolute Gasteiger partial charge is 0.275 e. The molecule has 0 aromatic carbocycles. The monoisotopic (exact) mass is 288 g/mol. The maximum absolute atomic E-state index is 12.9. The standard InChI is InChI=1S/C15H20N4O2/c20-13-8-19(12-7-2-1-5-11(12)16-13)15(21)14-9-4-3-6-10(9)17-18-14/h11-12H,1-8H2,(H,16,20)(H,17,18)/t11-,12+/m1/s1. The first kappa shape index (κ1) is 12.9. The van der Waals surface area contributed by atoms with E-state index in [-0.39, 0.29) is 30.4 Å². The summed E-state index contributed by atoms with van der Waals surface area (Å²) in [4.78, 5) is 26.5. The van der Waals surface area contributed by atoms with Crippen LogP contribution in [0.2, 0.25) is 0 Å². The lowest BCUT2D eigenvalue weighted by Crippen LogP contribution is -2.63. The van der Waals surface area contributed by atoms with E-state index in [4.69, 9.17) is 0 Å². The molecule has 0 unspecified atom stereocenters. The van der Waals surface area contributed by atoms with Crippen LogP contribution in [0.1, 0.15) is 53.8 Å². The molecule has 112 valence electrons. The normalized spacial score (nSPS) is 28.0. The minimum absolute atomic E-state index is 0.0429. The number of hydrogen-bond acceptors (Lipinski definition) is 3. The molecule has 6 heteroatoms. The van der Waals surface area contributed by atoms with Gasteiger partial charge in [0.15, 0.2) is 5.69 Å². The number of fused-ring (bicyclic) bond motifs is 2. The lowest BCUT2D eigenvalue weighted by molar-refractivity contribution is -0.127. The number of piperazine rings is 1. The summed E-state index contributed by atoms with van der Waals surface area (Å²) in [6, 6.07) is 0.258. The van der Waals surface area contributed by atoms with E-state index in [0.717, 1.165) is 56.2 Å². The molecule has 21 heavy (non-hydrogen) atoms. The van der Waals surface area contributed by atoms with Crippen molar-refractivity contribution in [2.24, 2.45) is 0 Å². The van der Waals surface area contributed by atoms with Gasteiger partial charge in [0, 0.05) is 17.3 Å². The number of hydrogen-bond donors (Lipinski definition) is 2. The summed E-state index contributed by atoms with van der Waals surface area (Å²) in [6.45, 7) is 0.168. The summed E-state index contributed by atoms with van der Waals surface area (Å²) in [5, 5.41) is 10.3. The Morgan fingerprint density at radius 1 is 1.19 bits per heavy atom. The van der Waals surface area contributed by atoms with Crippen molar-refractivity contribution in [1.29, 1.82) is 0 Å². The number of aryl methyl sites for hydroxylation is 1. The topological polar surface area (TPSA) is 78.1 Å². The van der Waals surface area contributed by atoms with Crippen molar-refractivity contribution in [1.82, 2.24) is 20.4 Å². The molecule has 0 radical (unpaired) electrons. The van der Waals surface area contributed by atoms with Crippen LogP contribution in [0.4, 0.5) is 0 Å². The molecule has 0 spiro atoms. The average Bonchev–Trinajstić information content (AvgIpc) is 3.08. The molecule has 1 aromatic heterocycles. The summed E-state index contributed by atoms with van der Waals surface area (Å²) in [6.07, 6.45) is 7.17. The highest BCUT2D eigenvalue weighted by atomic mass is 16.2. The number of H-pyrrole nitrogens is 1. The maximum atomic E-state index is 12.9. The predicted molar refractivity (Wildman–Crippen MR) is 75.8 cm³/mol. The third-order valence-electron chi connectivity index (χ3n) is 5.06. The van der Waals surface area contributed by atoms with E-state index in [9.17, 15) is 9.59 Å². The van der Waals surface area contributed by atoms with Crippen molar-refractivity contribution in [2.75, 3.05) is 6.54 Å². The number of aromatic nitrogens is 2. The fourth-order valence-electron chi connectivity index (χ4n) is 4.03. The first-order chi connectivity index (χ1) is 10.2. The summed E-state index contributed by atoms with van der Waals surface area (Å²) in [5.74, 6) is -0.111. The van der Waals surface area contributed by atoms with E-state index in [1.807, 2.05) is 0 Å². The second-order valence-corrected chi connectivity index (χ2v) is 6.34. The van der Waals surface area contributed by atoms with E-state index >= 15 is 0 Å². The third-order valence-corrected chi connectivity index (χ3v) is 5.06. The zero-order valence-electron chi connectivity index (χ0n) is 12.0. The first-order valence-electron chi connectivity index (χ1n) is 7.90. The van der Waals surface area contributed by atoms with Crippen LogP contribution in [0.5, 0.6) is 0 Å². The van der Waals surface area contributed by atoms with Crippen LogP contribution in [-0.4, -0.2) is 45.5 Å². The molecule has 2 heterocycles. The molecule has 6 nitrogen and oxygen atoms in total. The fourth-order valence-corrected chi connectivity index (χ4v) is 4.03. The predicted octanol–water partition coefficient (Wildman–Crippen LogP) is 0.782. The van der Waals surface area contributed by atoms with Gasteiger partial charge in [-0.1, -0.05) is 12.8 Å². The highest BCUT2D eigenvalue weighted by molar-refractivity contribution is 5.97. The highest BCUT2D eigenvalue weighted by Gasteiger charge is 2.40. The van der Waals surface area contributed by atoms with Gasteiger partial charge in [-0.25, -0.2) is 0 Å². The first-order valence-corrected chi connectivity index (χ1v) is 7.90. The minimum Gasteiger partial charge on any atom is -0.350 e. The quantitative estimate of drug-likeness (QED) is 0.801. The van der Waals surface area contributed by atoms with Gasteiger partial charge in [-0.2, -0.15) is 5.10 Å². The van der Waals surface area contributed by atoms with Gasteiger partial charge in [0.1, 0.15) is 6.54 Å². The Balaban J connectivity index is 1.64. The second kappa shape index (κ2) is 4.86. The molecule has 2 fully saturated rings. The fraction of sp³-hybridized carbons (Fsp3) is 0.667. The van der Waals surface area contributed by atoms with E-state index < -0.39 is 0 Å². The Morgan fingerprint density at radius 2 is 2.05 bits per heavy atom. The molecule has 2 atom stereocenters. The molecule has 1 saturated carbocycles. The van der Waals surface area contributed by atoms with Crippen molar-refractivity contribution in [2.45, 2.75) is 57.0 Å². The lowest BCUT2D eigenvalue weighted by Gasteiger charge is -2.43. The van der Waals surface area contributed by atoms with Gasteiger partial charge < -0.3 is 10.2 Å². The van der Waals surface area contributed by atoms with Crippen molar-refractivity contribution in [3.63, 3.8) is 0 Å². The molecular formula is C15H20N4O2. The van der Waals surface area contributed by atoms with E-state index in [0.29, 0.717) is 5.69 Å².